The van der Waals surface area contributed by atoms with Crippen LogP contribution in [0.5, 0.6) is 0 Å². The minimum absolute atomic E-state index is 0.243. The molecule has 0 radical (unpaired) electrons. The van der Waals surface area contributed by atoms with Gasteiger partial charge < -0.3 is 9.47 Å². The van der Waals surface area contributed by atoms with Crippen LogP contribution >= 0.6 is 11.6 Å². The van der Waals surface area contributed by atoms with Gasteiger partial charge in [-0.25, -0.2) is 9.37 Å². The maximum atomic E-state index is 13.6. The van der Waals surface area contributed by atoms with Gasteiger partial charge in [-0.1, -0.05) is 36.6 Å². The van der Waals surface area contributed by atoms with E-state index in [0.717, 1.165) is 29.7 Å². The number of carbonyl (C=O) groups is 1. The Hall–Kier alpha value is -2.66. The second-order valence-electron chi connectivity index (χ2n) is 7.45. The molecule has 1 amide bonds. The summed E-state index contributed by atoms with van der Waals surface area (Å²) >= 11 is 6.25. The van der Waals surface area contributed by atoms with Gasteiger partial charge in [-0.15, -0.1) is 6.58 Å². The number of hydrogen-bond acceptors (Lipinski definition) is 2. The van der Waals surface area contributed by atoms with E-state index in [1.807, 2.05) is 18.2 Å². The highest BCUT2D eigenvalue weighted by molar-refractivity contribution is 6.31. The van der Waals surface area contributed by atoms with Crippen LogP contribution in [0.25, 0.3) is 11.0 Å². The molecule has 1 aliphatic rings. The number of fused-ring (bicyclic) bond motifs is 1. The molecule has 0 unspecified atom stereocenters. The van der Waals surface area contributed by atoms with E-state index in [1.54, 1.807) is 23.1 Å². The third kappa shape index (κ3) is 4.06. The molecule has 150 valence electrons. The number of carbonyl (C=O) groups excluding carboxylic acids is 1. The SMILES string of the molecule is C=CCN(Cc1nc2ccc(Cl)cc2n1C1CCCC1)C(=O)c1cccc(F)c1. The van der Waals surface area contributed by atoms with Crippen LogP contribution in [0, 0.1) is 5.82 Å². The normalized spacial score (nSPS) is 14.4. The van der Waals surface area contributed by atoms with Crippen LogP contribution in [-0.2, 0) is 6.54 Å². The molecule has 2 aromatic carbocycles. The Balaban J connectivity index is 1.73. The first-order valence-corrected chi connectivity index (χ1v) is 10.3. The summed E-state index contributed by atoms with van der Waals surface area (Å²) in [6.45, 7) is 4.45. The lowest BCUT2D eigenvalue weighted by atomic mass is 10.2. The van der Waals surface area contributed by atoms with E-state index >= 15 is 0 Å². The van der Waals surface area contributed by atoms with Crippen molar-refractivity contribution in [2.45, 2.75) is 38.3 Å². The molecule has 1 saturated carbocycles. The van der Waals surface area contributed by atoms with Crippen molar-refractivity contribution in [3.63, 3.8) is 0 Å². The van der Waals surface area contributed by atoms with Gasteiger partial charge in [0.15, 0.2) is 0 Å². The Labute approximate surface area is 174 Å². The van der Waals surface area contributed by atoms with Gasteiger partial charge in [0.25, 0.3) is 5.91 Å². The Morgan fingerprint density at radius 3 is 2.79 bits per heavy atom. The van der Waals surface area contributed by atoms with Crippen molar-refractivity contribution < 1.29 is 9.18 Å². The Kier molecular flexibility index (Phi) is 5.67. The minimum atomic E-state index is -0.428. The topological polar surface area (TPSA) is 38.1 Å². The predicted octanol–water partition coefficient (Wildman–Crippen LogP) is 5.77. The van der Waals surface area contributed by atoms with Gasteiger partial charge in [0.1, 0.15) is 11.6 Å². The summed E-state index contributed by atoms with van der Waals surface area (Å²) in [6.07, 6.45) is 6.22. The van der Waals surface area contributed by atoms with Crippen LogP contribution < -0.4 is 0 Å². The van der Waals surface area contributed by atoms with E-state index in [1.165, 1.54) is 25.0 Å². The van der Waals surface area contributed by atoms with E-state index in [4.69, 9.17) is 16.6 Å². The number of nitrogens with zero attached hydrogens (tertiary/aromatic N) is 3. The summed E-state index contributed by atoms with van der Waals surface area (Å²) < 4.78 is 15.9. The van der Waals surface area contributed by atoms with Crippen molar-refractivity contribution in [1.82, 2.24) is 14.5 Å². The first kappa shape index (κ1) is 19.6. The summed E-state index contributed by atoms with van der Waals surface area (Å²) in [5.41, 5.74) is 2.18. The number of aromatic nitrogens is 2. The summed E-state index contributed by atoms with van der Waals surface area (Å²) in [6, 6.07) is 11.8. The molecular formula is C23H23ClFN3O. The van der Waals surface area contributed by atoms with Gasteiger partial charge in [0.05, 0.1) is 17.6 Å². The number of amides is 1. The predicted molar refractivity (Wildman–Crippen MR) is 114 cm³/mol. The number of benzene rings is 2. The molecule has 3 aromatic rings. The van der Waals surface area contributed by atoms with Crippen molar-refractivity contribution in [2.24, 2.45) is 0 Å². The lowest BCUT2D eigenvalue weighted by Gasteiger charge is -2.23. The molecule has 0 aliphatic heterocycles. The van der Waals surface area contributed by atoms with Crippen LogP contribution in [0.2, 0.25) is 5.02 Å². The quantitative estimate of drug-likeness (QED) is 0.483. The zero-order valence-electron chi connectivity index (χ0n) is 16.2. The van der Waals surface area contributed by atoms with Gasteiger partial charge >= 0.3 is 0 Å². The highest BCUT2D eigenvalue weighted by atomic mass is 35.5. The van der Waals surface area contributed by atoms with Gasteiger partial charge in [-0.3, -0.25) is 4.79 Å². The zero-order chi connectivity index (χ0) is 20.4. The summed E-state index contributed by atoms with van der Waals surface area (Å²) in [5, 5.41) is 0.669. The second-order valence-corrected chi connectivity index (χ2v) is 7.89. The van der Waals surface area contributed by atoms with Crippen LogP contribution in [-0.4, -0.2) is 26.9 Å². The fourth-order valence-corrected chi connectivity index (χ4v) is 4.31. The van der Waals surface area contributed by atoms with Crippen molar-refractivity contribution in [3.8, 4) is 0 Å². The molecular weight excluding hydrogens is 389 g/mol. The third-order valence-corrected chi connectivity index (χ3v) is 5.69. The largest absolute Gasteiger partial charge is 0.327 e. The van der Waals surface area contributed by atoms with Crippen molar-refractivity contribution in [2.75, 3.05) is 6.54 Å². The molecule has 1 fully saturated rings. The Morgan fingerprint density at radius 1 is 1.28 bits per heavy atom. The molecule has 1 aromatic heterocycles. The average Bonchev–Trinajstić information content (AvgIpc) is 3.34. The molecule has 0 N–H and O–H groups in total. The smallest absolute Gasteiger partial charge is 0.254 e. The minimum Gasteiger partial charge on any atom is -0.327 e. The van der Waals surface area contributed by atoms with Crippen LogP contribution in [0.3, 0.4) is 0 Å². The van der Waals surface area contributed by atoms with E-state index in [-0.39, 0.29) is 5.91 Å². The van der Waals surface area contributed by atoms with Gasteiger partial charge in [0.2, 0.25) is 0 Å². The summed E-state index contributed by atoms with van der Waals surface area (Å²) in [7, 11) is 0. The average molecular weight is 412 g/mol. The van der Waals surface area contributed by atoms with Crippen LogP contribution in [0.4, 0.5) is 4.39 Å². The molecule has 0 atom stereocenters. The van der Waals surface area contributed by atoms with E-state index in [9.17, 15) is 9.18 Å². The van der Waals surface area contributed by atoms with E-state index < -0.39 is 5.82 Å². The molecule has 6 heteroatoms. The molecule has 29 heavy (non-hydrogen) atoms. The standard InChI is InChI=1S/C23H23ClFN3O/c1-2-12-27(23(29)16-6-5-7-18(25)13-16)15-22-26-20-11-10-17(24)14-21(20)28(22)19-8-3-4-9-19/h2,5-7,10-11,13-14,19H,1,3-4,8-9,12,15H2. The number of hydrogen-bond donors (Lipinski definition) is 0. The first-order chi connectivity index (χ1) is 14.1. The van der Waals surface area contributed by atoms with E-state index in [2.05, 4.69) is 11.1 Å². The number of halogens is 2. The highest BCUT2D eigenvalue weighted by Gasteiger charge is 2.25. The molecule has 0 spiro atoms. The van der Waals surface area contributed by atoms with Gasteiger partial charge in [-0.05, 0) is 49.2 Å². The monoisotopic (exact) mass is 411 g/mol. The molecule has 1 aliphatic carbocycles. The third-order valence-electron chi connectivity index (χ3n) is 5.45. The lowest BCUT2D eigenvalue weighted by Crippen LogP contribution is -2.32. The summed E-state index contributed by atoms with van der Waals surface area (Å²) in [5.74, 6) is 0.149. The van der Waals surface area contributed by atoms with Crippen molar-refractivity contribution in [1.29, 1.82) is 0 Å². The van der Waals surface area contributed by atoms with Crippen LogP contribution in [0.1, 0.15) is 47.9 Å². The number of rotatable bonds is 6. The van der Waals surface area contributed by atoms with E-state index in [0.29, 0.717) is 29.7 Å². The van der Waals surface area contributed by atoms with Gasteiger partial charge in [-0.2, -0.15) is 0 Å². The van der Waals surface area contributed by atoms with Crippen molar-refractivity contribution >= 4 is 28.5 Å². The second kappa shape index (κ2) is 8.37. The fourth-order valence-electron chi connectivity index (χ4n) is 4.15. The highest BCUT2D eigenvalue weighted by Crippen LogP contribution is 2.35. The fraction of sp³-hybridized carbons (Fsp3) is 0.304. The van der Waals surface area contributed by atoms with Crippen molar-refractivity contribution in [3.05, 3.63) is 77.3 Å². The zero-order valence-corrected chi connectivity index (χ0v) is 16.9. The molecule has 4 rings (SSSR count). The maximum absolute atomic E-state index is 13.6. The maximum Gasteiger partial charge on any atom is 0.254 e. The summed E-state index contributed by atoms with van der Waals surface area (Å²) in [4.78, 5) is 19.5. The molecule has 1 heterocycles. The first-order valence-electron chi connectivity index (χ1n) is 9.89. The Morgan fingerprint density at radius 2 is 2.07 bits per heavy atom. The van der Waals surface area contributed by atoms with Gasteiger partial charge in [0, 0.05) is 23.2 Å². The molecule has 0 saturated heterocycles. The molecule has 4 nitrogen and oxygen atoms in total. The van der Waals surface area contributed by atoms with Crippen LogP contribution in [0.15, 0.2) is 55.1 Å². The molecule has 0 bridgehead atoms. The number of imidazole rings is 1. The Bertz CT molecular complexity index is 1060. The lowest BCUT2D eigenvalue weighted by molar-refractivity contribution is 0.0756.